The molecule has 35 heavy (non-hydrogen) atoms. The first-order valence-corrected chi connectivity index (χ1v) is 11.6. The number of halogens is 3. The molecule has 0 aliphatic carbocycles. The highest BCUT2D eigenvalue weighted by atomic mass is 35.5. The van der Waals surface area contributed by atoms with Crippen LogP contribution >= 0.6 is 11.6 Å². The lowest BCUT2D eigenvalue weighted by Crippen LogP contribution is -2.29. The maximum absolute atomic E-state index is 15.7. The number of hydrogen-bond acceptors (Lipinski definition) is 4. The number of nitrogens with two attached hydrogens (primary N) is 1. The highest BCUT2D eigenvalue weighted by Crippen LogP contribution is 2.40. The van der Waals surface area contributed by atoms with Gasteiger partial charge in [-0.05, 0) is 35.4 Å². The van der Waals surface area contributed by atoms with Gasteiger partial charge in [0.25, 0.3) is 0 Å². The Hall–Kier alpha value is -3.00. The molecule has 0 radical (unpaired) electrons. The van der Waals surface area contributed by atoms with E-state index in [-0.39, 0.29) is 46.7 Å². The first-order valence-electron chi connectivity index (χ1n) is 11.3. The van der Waals surface area contributed by atoms with Gasteiger partial charge in [0.2, 0.25) is 5.91 Å². The number of hydrogen-bond donors (Lipinski definition) is 2. The summed E-state index contributed by atoms with van der Waals surface area (Å²) >= 11 is 6.41. The van der Waals surface area contributed by atoms with Crippen molar-refractivity contribution in [3.05, 3.63) is 87.9 Å². The Kier molecular flexibility index (Phi) is 9.20. The molecule has 3 rings (SSSR count). The van der Waals surface area contributed by atoms with Gasteiger partial charge in [-0.2, -0.15) is 0 Å². The average molecular weight is 503 g/mol. The molecule has 0 saturated heterocycles. The predicted octanol–water partition coefficient (Wildman–Crippen LogP) is 5.54. The topological polar surface area (TPSA) is 73.6 Å². The Morgan fingerprint density at radius 3 is 2.43 bits per heavy atom. The van der Waals surface area contributed by atoms with Crippen molar-refractivity contribution in [3.63, 3.8) is 0 Å². The molecule has 1 unspecified atom stereocenters. The minimum Gasteiger partial charge on any atom is -0.488 e. The molecule has 1 amide bonds. The van der Waals surface area contributed by atoms with E-state index < -0.39 is 23.5 Å². The summed E-state index contributed by atoms with van der Waals surface area (Å²) in [6, 6.07) is 14.9. The molecule has 8 heteroatoms. The molecule has 0 fully saturated rings. The first-order chi connectivity index (χ1) is 16.7. The summed E-state index contributed by atoms with van der Waals surface area (Å²) < 4.78 is 41.4. The lowest BCUT2D eigenvalue weighted by atomic mass is 9.87. The van der Waals surface area contributed by atoms with Crippen LogP contribution in [-0.4, -0.2) is 38.8 Å². The second-order valence-electron chi connectivity index (χ2n) is 8.39. The van der Waals surface area contributed by atoms with Crippen molar-refractivity contribution in [2.24, 2.45) is 5.73 Å². The molecule has 3 aromatic rings. The lowest BCUT2D eigenvalue weighted by molar-refractivity contribution is 0.1000. The van der Waals surface area contributed by atoms with Crippen LogP contribution in [0.15, 0.2) is 54.6 Å². The van der Waals surface area contributed by atoms with Crippen LogP contribution in [0.3, 0.4) is 0 Å². The summed E-state index contributed by atoms with van der Waals surface area (Å²) in [5.41, 5.74) is 6.66. The Balaban J connectivity index is 2.19. The Bertz CT molecular complexity index is 1170. The van der Waals surface area contributed by atoms with Gasteiger partial charge in [0, 0.05) is 36.7 Å². The highest BCUT2D eigenvalue weighted by Gasteiger charge is 2.25. The van der Waals surface area contributed by atoms with E-state index in [2.05, 4.69) is 5.32 Å². The number of rotatable bonds is 11. The van der Waals surface area contributed by atoms with Gasteiger partial charge in [0.15, 0.2) is 11.6 Å². The number of methoxy groups -OCH3 is 1. The number of amides is 1. The van der Waals surface area contributed by atoms with Crippen LogP contribution in [0.25, 0.3) is 11.1 Å². The van der Waals surface area contributed by atoms with E-state index in [4.69, 9.17) is 26.8 Å². The van der Waals surface area contributed by atoms with Crippen molar-refractivity contribution in [2.45, 2.75) is 25.8 Å². The largest absolute Gasteiger partial charge is 0.488 e. The minimum atomic E-state index is -0.842. The van der Waals surface area contributed by atoms with Crippen molar-refractivity contribution in [2.75, 3.05) is 26.9 Å². The SMILES string of the molecule is COCCOc1ccc(C(N)=O)c(-c2cc(C(CNC(C)C)c3ccccc3)c(F)cc2Cl)c1F. The standard InChI is InChI=1S/C27H29ClF2N2O3/c1-16(2)32-15-21(17-7-5-4-6-8-17)19-13-20(22(28)14-23(19)29)25-18(27(31)33)9-10-24(26(25)30)35-12-11-34-3/h4-10,13-14,16,21,32H,11-12,15H2,1-3H3,(H2,31,33). The van der Waals surface area contributed by atoms with Crippen LogP contribution in [0.1, 0.15) is 41.3 Å². The van der Waals surface area contributed by atoms with Crippen LogP contribution in [0.4, 0.5) is 8.78 Å². The second-order valence-corrected chi connectivity index (χ2v) is 8.79. The summed E-state index contributed by atoms with van der Waals surface area (Å²) in [6.45, 7) is 4.77. The second kappa shape index (κ2) is 12.1. The Morgan fingerprint density at radius 1 is 1.09 bits per heavy atom. The zero-order valence-corrected chi connectivity index (χ0v) is 20.7. The van der Waals surface area contributed by atoms with Gasteiger partial charge < -0.3 is 20.5 Å². The van der Waals surface area contributed by atoms with Crippen LogP contribution in [-0.2, 0) is 4.74 Å². The van der Waals surface area contributed by atoms with Gasteiger partial charge in [0.1, 0.15) is 12.4 Å². The molecule has 0 spiro atoms. The third kappa shape index (κ3) is 6.36. The summed E-state index contributed by atoms with van der Waals surface area (Å²) in [5.74, 6) is -2.67. The van der Waals surface area contributed by atoms with E-state index in [0.717, 1.165) is 11.6 Å². The van der Waals surface area contributed by atoms with Gasteiger partial charge in [0.05, 0.1) is 17.2 Å². The smallest absolute Gasteiger partial charge is 0.249 e. The van der Waals surface area contributed by atoms with Crippen molar-refractivity contribution in [3.8, 4) is 16.9 Å². The summed E-state index contributed by atoms with van der Waals surface area (Å²) in [5, 5.41) is 3.29. The third-order valence-electron chi connectivity index (χ3n) is 5.58. The number of carbonyl (C=O) groups is 1. The molecule has 0 heterocycles. The van der Waals surface area contributed by atoms with E-state index in [1.807, 2.05) is 44.2 Å². The van der Waals surface area contributed by atoms with E-state index in [1.54, 1.807) is 0 Å². The average Bonchev–Trinajstić information content (AvgIpc) is 2.82. The maximum atomic E-state index is 15.7. The Morgan fingerprint density at radius 2 is 1.80 bits per heavy atom. The molecule has 0 saturated carbocycles. The van der Waals surface area contributed by atoms with Crippen LogP contribution in [0, 0.1) is 11.6 Å². The van der Waals surface area contributed by atoms with Crippen molar-refractivity contribution >= 4 is 17.5 Å². The predicted molar refractivity (Wildman–Crippen MR) is 134 cm³/mol. The monoisotopic (exact) mass is 502 g/mol. The maximum Gasteiger partial charge on any atom is 0.249 e. The summed E-state index contributed by atoms with van der Waals surface area (Å²) in [7, 11) is 1.50. The van der Waals surface area contributed by atoms with Crippen molar-refractivity contribution in [1.82, 2.24) is 5.32 Å². The van der Waals surface area contributed by atoms with E-state index in [9.17, 15) is 4.79 Å². The van der Waals surface area contributed by atoms with Crippen LogP contribution in [0.2, 0.25) is 5.02 Å². The van der Waals surface area contributed by atoms with Crippen molar-refractivity contribution in [1.29, 1.82) is 0 Å². The van der Waals surface area contributed by atoms with Crippen LogP contribution < -0.4 is 15.8 Å². The number of primary amides is 1. The molecular formula is C27H29ClF2N2O3. The number of nitrogens with one attached hydrogen (secondary N) is 1. The van der Waals surface area contributed by atoms with Crippen LogP contribution in [0.5, 0.6) is 5.75 Å². The zero-order valence-electron chi connectivity index (χ0n) is 19.9. The molecule has 186 valence electrons. The molecule has 3 N–H and O–H groups in total. The minimum absolute atomic E-state index is 0.0506. The van der Waals surface area contributed by atoms with E-state index >= 15 is 8.78 Å². The molecule has 3 aromatic carbocycles. The number of benzene rings is 3. The number of ether oxygens (including phenoxy) is 2. The third-order valence-corrected chi connectivity index (χ3v) is 5.89. The molecule has 0 aliphatic heterocycles. The van der Waals surface area contributed by atoms with Crippen molar-refractivity contribution < 1.29 is 23.0 Å². The quantitative estimate of drug-likeness (QED) is 0.338. The highest BCUT2D eigenvalue weighted by molar-refractivity contribution is 6.33. The fraction of sp³-hybridized carbons (Fsp3) is 0.296. The Labute approximate surface area is 209 Å². The van der Waals surface area contributed by atoms with E-state index in [1.165, 1.54) is 25.3 Å². The molecule has 0 aliphatic rings. The molecule has 0 bridgehead atoms. The zero-order chi connectivity index (χ0) is 25.5. The lowest BCUT2D eigenvalue weighted by Gasteiger charge is -2.23. The summed E-state index contributed by atoms with van der Waals surface area (Å²) in [4.78, 5) is 12.2. The van der Waals surface area contributed by atoms with E-state index in [0.29, 0.717) is 12.1 Å². The van der Waals surface area contributed by atoms with Gasteiger partial charge in [-0.15, -0.1) is 0 Å². The number of carbonyl (C=O) groups excluding carboxylic acids is 1. The fourth-order valence-electron chi connectivity index (χ4n) is 3.84. The van der Waals surface area contributed by atoms with Gasteiger partial charge >= 0.3 is 0 Å². The first kappa shape index (κ1) is 26.6. The summed E-state index contributed by atoms with van der Waals surface area (Å²) in [6.07, 6.45) is 0. The molecule has 0 aromatic heterocycles. The van der Waals surface area contributed by atoms with Gasteiger partial charge in [-0.1, -0.05) is 55.8 Å². The fourth-order valence-corrected chi connectivity index (χ4v) is 4.09. The molecule has 1 atom stereocenters. The molecular weight excluding hydrogens is 474 g/mol. The van der Waals surface area contributed by atoms with Gasteiger partial charge in [-0.3, -0.25) is 4.79 Å². The van der Waals surface area contributed by atoms with Gasteiger partial charge in [-0.25, -0.2) is 8.78 Å². The molecule has 5 nitrogen and oxygen atoms in total. The normalized spacial score (nSPS) is 12.1.